The summed E-state index contributed by atoms with van der Waals surface area (Å²) in [6.07, 6.45) is 0. The summed E-state index contributed by atoms with van der Waals surface area (Å²) >= 11 is 0. The molecule has 0 radical (unpaired) electrons. The molecule has 0 aliphatic heterocycles. The zero-order valence-electron chi connectivity index (χ0n) is 12.2. The van der Waals surface area contributed by atoms with Crippen LogP contribution in [0.1, 0.15) is 19.4 Å². The van der Waals surface area contributed by atoms with Crippen LogP contribution in [0.2, 0.25) is 0 Å². The van der Waals surface area contributed by atoms with Crippen LogP contribution < -0.4 is 10.6 Å². The molecule has 21 heavy (non-hydrogen) atoms. The van der Waals surface area contributed by atoms with Crippen molar-refractivity contribution in [2.24, 2.45) is 5.92 Å². The van der Waals surface area contributed by atoms with Crippen molar-refractivity contribution in [2.75, 3.05) is 10.6 Å². The summed E-state index contributed by atoms with van der Waals surface area (Å²) in [5, 5.41) is 6.05. The van der Waals surface area contributed by atoms with Crippen molar-refractivity contribution in [3.05, 3.63) is 59.9 Å². The normalized spacial score (nSPS) is 10.5. The maximum atomic E-state index is 13.1. The van der Waals surface area contributed by atoms with Gasteiger partial charge in [-0.25, -0.2) is 4.39 Å². The standard InChI is InChI=1S/C17H19FN2O/c1-12(2)17(21)20-16-8-6-15(7-9-16)19-11-13-4-3-5-14(18)10-13/h3-10,12,19H,11H2,1-2H3,(H,20,21). The molecule has 0 unspecified atom stereocenters. The van der Waals surface area contributed by atoms with Gasteiger partial charge in [0.1, 0.15) is 5.82 Å². The van der Waals surface area contributed by atoms with Crippen LogP contribution in [0, 0.1) is 11.7 Å². The second-order valence-corrected chi connectivity index (χ2v) is 5.20. The molecule has 1 amide bonds. The Balaban J connectivity index is 1.92. The molecule has 110 valence electrons. The summed E-state index contributed by atoms with van der Waals surface area (Å²) in [7, 11) is 0. The summed E-state index contributed by atoms with van der Waals surface area (Å²) in [5.41, 5.74) is 2.57. The molecule has 2 rings (SSSR count). The first-order valence-electron chi connectivity index (χ1n) is 6.94. The van der Waals surface area contributed by atoms with Crippen molar-refractivity contribution in [2.45, 2.75) is 20.4 Å². The quantitative estimate of drug-likeness (QED) is 0.871. The second-order valence-electron chi connectivity index (χ2n) is 5.20. The molecule has 0 fully saturated rings. The van der Waals surface area contributed by atoms with Crippen molar-refractivity contribution in [1.29, 1.82) is 0 Å². The molecule has 2 N–H and O–H groups in total. The van der Waals surface area contributed by atoms with Gasteiger partial charge in [0, 0.05) is 23.8 Å². The number of nitrogens with one attached hydrogen (secondary N) is 2. The third kappa shape index (κ3) is 4.60. The van der Waals surface area contributed by atoms with E-state index in [9.17, 15) is 9.18 Å². The lowest BCUT2D eigenvalue weighted by molar-refractivity contribution is -0.118. The fourth-order valence-corrected chi connectivity index (χ4v) is 1.81. The van der Waals surface area contributed by atoms with E-state index in [1.807, 2.05) is 44.2 Å². The van der Waals surface area contributed by atoms with Crippen LogP contribution in [-0.4, -0.2) is 5.91 Å². The van der Waals surface area contributed by atoms with E-state index in [2.05, 4.69) is 10.6 Å². The van der Waals surface area contributed by atoms with Crippen LogP contribution >= 0.6 is 0 Å². The maximum Gasteiger partial charge on any atom is 0.226 e. The van der Waals surface area contributed by atoms with Crippen molar-refractivity contribution in [3.8, 4) is 0 Å². The second kappa shape index (κ2) is 6.88. The Morgan fingerprint density at radius 1 is 1.10 bits per heavy atom. The summed E-state index contributed by atoms with van der Waals surface area (Å²) in [4.78, 5) is 11.6. The van der Waals surface area contributed by atoms with E-state index in [0.717, 1.165) is 16.9 Å². The molecular formula is C17H19FN2O. The highest BCUT2D eigenvalue weighted by Gasteiger charge is 2.06. The van der Waals surface area contributed by atoms with Crippen LogP contribution in [0.5, 0.6) is 0 Å². The Morgan fingerprint density at radius 2 is 1.76 bits per heavy atom. The van der Waals surface area contributed by atoms with E-state index in [1.165, 1.54) is 12.1 Å². The summed E-state index contributed by atoms with van der Waals surface area (Å²) in [6, 6.07) is 13.9. The fraction of sp³-hybridized carbons (Fsp3) is 0.235. The monoisotopic (exact) mass is 286 g/mol. The van der Waals surface area contributed by atoms with Crippen molar-refractivity contribution in [3.63, 3.8) is 0 Å². The first kappa shape index (κ1) is 15.0. The molecule has 3 nitrogen and oxygen atoms in total. The Labute approximate surface area is 124 Å². The smallest absolute Gasteiger partial charge is 0.226 e. The van der Waals surface area contributed by atoms with Crippen molar-refractivity contribution < 1.29 is 9.18 Å². The molecule has 0 aromatic heterocycles. The van der Waals surface area contributed by atoms with Gasteiger partial charge in [-0.3, -0.25) is 4.79 Å². The van der Waals surface area contributed by atoms with Gasteiger partial charge in [-0.05, 0) is 42.0 Å². The van der Waals surface area contributed by atoms with Gasteiger partial charge >= 0.3 is 0 Å². The number of hydrogen-bond acceptors (Lipinski definition) is 2. The molecule has 0 aliphatic carbocycles. The topological polar surface area (TPSA) is 41.1 Å². The number of carbonyl (C=O) groups is 1. The van der Waals surface area contributed by atoms with Gasteiger partial charge in [0.25, 0.3) is 0 Å². The number of halogens is 1. The summed E-state index contributed by atoms with van der Waals surface area (Å²) < 4.78 is 13.1. The minimum Gasteiger partial charge on any atom is -0.381 e. The lowest BCUT2D eigenvalue weighted by atomic mass is 10.2. The van der Waals surface area contributed by atoms with Crippen molar-refractivity contribution in [1.82, 2.24) is 0 Å². The molecule has 2 aromatic carbocycles. The Kier molecular flexibility index (Phi) is 4.93. The van der Waals surface area contributed by atoms with Gasteiger partial charge in [-0.15, -0.1) is 0 Å². The largest absolute Gasteiger partial charge is 0.381 e. The third-order valence-corrected chi connectivity index (χ3v) is 3.06. The van der Waals surface area contributed by atoms with Crippen LogP contribution in [0.25, 0.3) is 0 Å². The Bertz CT molecular complexity index is 608. The fourth-order valence-electron chi connectivity index (χ4n) is 1.81. The minimum absolute atomic E-state index is 0.00419. The number of anilines is 2. The number of benzene rings is 2. The molecule has 0 aliphatic rings. The lowest BCUT2D eigenvalue weighted by Crippen LogP contribution is -2.17. The Hall–Kier alpha value is -2.36. The van der Waals surface area contributed by atoms with Crippen molar-refractivity contribution >= 4 is 17.3 Å². The molecule has 2 aromatic rings. The maximum absolute atomic E-state index is 13.1. The van der Waals surface area contributed by atoms with Gasteiger partial charge in [-0.1, -0.05) is 26.0 Å². The van der Waals surface area contributed by atoms with Crippen LogP contribution in [0.3, 0.4) is 0 Å². The zero-order chi connectivity index (χ0) is 15.2. The highest BCUT2D eigenvalue weighted by atomic mass is 19.1. The SMILES string of the molecule is CC(C)C(=O)Nc1ccc(NCc2cccc(F)c2)cc1. The molecule has 0 saturated carbocycles. The molecular weight excluding hydrogens is 267 g/mol. The van der Waals surface area contributed by atoms with Crippen LogP contribution in [-0.2, 0) is 11.3 Å². The zero-order valence-corrected chi connectivity index (χ0v) is 12.2. The number of rotatable bonds is 5. The predicted molar refractivity (Wildman–Crippen MR) is 83.6 cm³/mol. The van der Waals surface area contributed by atoms with E-state index in [1.54, 1.807) is 6.07 Å². The number of hydrogen-bond donors (Lipinski definition) is 2. The van der Waals surface area contributed by atoms with E-state index < -0.39 is 0 Å². The highest BCUT2D eigenvalue weighted by Crippen LogP contribution is 2.15. The Morgan fingerprint density at radius 3 is 2.38 bits per heavy atom. The van der Waals surface area contributed by atoms with E-state index in [4.69, 9.17) is 0 Å². The molecule has 4 heteroatoms. The molecule has 0 spiro atoms. The lowest BCUT2D eigenvalue weighted by Gasteiger charge is -2.10. The third-order valence-electron chi connectivity index (χ3n) is 3.06. The first-order chi connectivity index (χ1) is 10.0. The van der Waals surface area contributed by atoms with Crippen LogP contribution in [0.15, 0.2) is 48.5 Å². The number of amides is 1. The van der Waals surface area contributed by atoms with Gasteiger partial charge < -0.3 is 10.6 Å². The van der Waals surface area contributed by atoms with Gasteiger partial charge in [0.2, 0.25) is 5.91 Å². The molecule has 0 heterocycles. The predicted octanol–water partition coefficient (Wildman–Crippen LogP) is 4.03. The molecule has 0 atom stereocenters. The summed E-state index contributed by atoms with van der Waals surface area (Å²) in [6.45, 7) is 4.25. The summed E-state index contributed by atoms with van der Waals surface area (Å²) in [5.74, 6) is -0.285. The van der Waals surface area contributed by atoms with Gasteiger partial charge in [0.15, 0.2) is 0 Å². The van der Waals surface area contributed by atoms with E-state index >= 15 is 0 Å². The van der Waals surface area contributed by atoms with Crippen LogP contribution in [0.4, 0.5) is 15.8 Å². The average molecular weight is 286 g/mol. The average Bonchev–Trinajstić information content (AvgIpc) is 2.46. The van der Waals surface area contributed by atoms with E-state index in [0.29, 0.717) is 6.54 Å². The highest BCUT2D eigenvalue weighted by molar-refractivity contribution is 5.92. The molecule has 0 bridgehead atoms. The first-order valence-corrected chi connectivity index (χ1v) is 6.94. The van der Waals surface area contributed by atoms with E-state index in [-0.39, 0.29) is 17.6 Å². The minimum atomic E-state index is -0.235. The molecule has 0 saturated heterocycles. The van der Waals surface area contributed by atoms with Gasteiger partial charge in [0.05, 0.1) is 0 Å². The number of carbonyl (C=O) groups excluding carboxylic acids is 1. The van der Waals surface area contributed by atoms with Gasteiger partial charge in [-0.2, -0.15) is 0 Å².